The number of aliphatic hydroxyl groups is 1. The van der Waals surface area contributed by atoms with Crippen LogP contribution in [0.25, 0.3) is 10.9 Å². The number of rotatable bonds is 6. The molecule has 0 amide bonds. The SMILES string of the molecule is CCn1nc(C)c(CNc2nc3ccccc3c(=O)n2CCO)c1C. The van der Waals surface area contributed by atoms with E-state index in [0.717, 1.165) is 23.5 Å². The van der Waals surface area contributed by atoms with E-state index in [4.69, 9.17) is 0 Å². The minimum Gasteiger partial charge on any atom is -0.395 e. The molecule has 1 aromatic carbocycles. The van der Waals surface area contributed by atoms with Crippen molar-refractivity contribution in [2.45, 2.75) is 40.4 Å². The van der Waals surface area contributed by atoms with Crippen LogP contribution in [0.2, 0.25) is 0 Å². The smallest absolute Gasteiger partial charge is 0.262 e. The van der Waals surface area contributed by atoms with Crippen molar-refractivity contribution >= 4 is 16.9 Å². The van der Waals surface area contributed by atoms with Gasteiger partial charge < -0.3 is 10.4 Å². The van der Waals surface area contributed by atoms with E-state index in [2.05, 4.69) is 22.3 Å². The molecule has 2 heterocycles. The van der Waals surface area contributed by atoms with Gasteiger partial charge in [0.05, 0.1) is 29.7 Å². The molecule has 0 unspecified atom stereocenters. The van der Waals surface area contributed by atoms with Gasteiger partial charge in [0.2, 0.25) is 5.95 Å². The predicted octanol–water partition coefficient (Wildman–Crippen LogP) is 1.83. The van der Waals surface area contributed by atoms with Gasteiger partial charge in [-0.25, -0.2) is 4.98 Å². The maximum Gasteiger partial charge on any atom is 0.262 e. The first-order valence-electron chi connectivity index (χ1n) is 8.44. The second kappa shape index (κ2) is 7.06. The molecule has 0 fully saturated rings. The van der Waals surface area contributed by atoms with Crippen LogP contribution in [0.1, 0.15) is 23.9 Å². The lowest BCUT2D eigenvalue weighted by Gasteiger charge is -2.14. The van der Waals surface area contributed by atoms with Crippen molar-refractivity contribution in [2.24, 2.45) is 0 Å². The molecule has 0 radical (unpaired) electrons. The average molecular weight is 341 g/mol. The van der Waals surface area contributed by atoms with Gasteiger partial charge >= 0.3 is 0 Å². The Morgan fingerprint density at radius 3 is 2.68 bits per heavy atom. The zero-order valence-electron chi connectivity index (χ0n) is 14.8. The highest BCUT2D eigenvalue weighted by molar-refractivity contribution is 5.78. The molecule has 0 saturated carbocycles. The number of hydrogen-bond acceptors (Lipinski definition) is 5. The topological polar surface area (TPSA) is 85.0 Å². The van der Waals surface area contributed by atoms with Crippen LogP contribution >= 0.6 is 0 Å². The summed E-state index contributed by atoms with van der Waals surface area (Å²) in [7, 11) is 0. The Bertz CT molecular complexity index is 958. The normalized spacial score (nSPS) is 11.2. The maximum atomic E-state index is 12.7. The zero-order valence-corrected chi connectivity index (χ0v) is 14.8. The Balaban J connectivity index is 1.99. The average Bonchev–Trinajstić information content (AvgIpc) is 2.89. The van der Waals surface area contributed by atoms with Crippen LogP contribution in [0.3, 0.4) is 0 Å². The summed E-state index contributed by atoms with van der Waals surface area (Å²) in [5.41, 5.74) is 3.65. The number of anilines is 1. The molecular formula is C18H23N5O2. The lowest BCUT2D eigenvalue weighted by molar-refractivity contribution is 0.275. The van der Waals surface area contributed by atoms with E-state index in [0.29, 0.717) is 23.4 Å². The van der Waals surface area contributed by atoms with E-state index >= 15 is 0 Å². The van der Waals surface area contributed by atoms with Crippen molar-refractivity contribution < 1.29 is 5.11 Å². The number of aromatic nitrogens is 4. The molecule has 0 saturated heterocycles. The first kappa shape index (κ1) is 17.2. The third kappa shape index (κ3) is 3.15. The number of fused-ring (bicyclic) bond motifs is 1. The fraction of sp³-hybridized carbons (Fsp3) is 0.389. The molecule has 0 aliphatic carbocycles. The molecule has 0 aliphatic heterocycles. The summed E-state index contributed by atoms with van der Waals surface area (Å²) in [6.07, 6.45) is 0. The zero-order chi connectivity index (χ0) is 18.0. The molecule has 7 heteroatoms. The van der Waals surface area contributed by atoms with Crippen LogP contribution < -0.4 is 10.9 Å². The summed E-state index contributed by atoms with van der Waals surface area (Å²) in [5, 5.41) is 17.6. The highest BCUT2D eigenvalue weighted by atomic mass is 16.3. The molecule has 0 aliphatic rings. The van der Waals surface area contributed by atoms with Crippen LogP contribution in [0.4, 0.5) is 5.95 Å². The molecule has 2 aromatic heterocycles. The van der Waals surface area contributed by atoms with Crippen LogP contribution in [0.5, 0.6) is 0 Å². The number of benzene rings is 1. The minimum absolute atomic E-state index is 0.125. The number of aliphatic hydroxyl groups excluding tert-OH is 1. The second-order valence-electron chi connectivity index (χ2n) is 5.95. The van der Waals surface area contributed by atoms with Crippen LogP contribution in [0.15, 0.2) is 29.1 Å². The van der Waals surface area contributed by atoms with E-state index < -0.39 is 0 Å². The predicted molar refractivity (Wildman–Crippen MR) is 97.8 cm³/mol. The second-order valence-corrected chi connectivity index (χ2v) is 5.95. The summed E-state index contributed by atoms with van der Waals surface area (Å²) in [4.78, 5) is 17.3. The van der Waals surface area contributed by atoms with Crippen molar-refractivity contribution in [3.05, 3.63) is 51.6 Å². The Labute approximate surface area is 145 Å². The molecule has 2 N–H and O–H groups in total. The standard InChI is InChI=1S/C18H23N5O2/c1-4-23-13(3)15(12(2)21-23)11-19-18-20-16-8-6-5-7-14(16)17(25)22(18)9-10-24/h5-8,24H,4,9-11H2,1-3H3,(H,19,20). The van der Waals surface area contributed by atoms with Crippen LogP contribution in [-0.2, 0) is 19.6 Å². The Hall–Kier alpha value is -2.67. The summed E-state index contributed by atoms with van der Waals surface area (Å²) in [5.74, 6) is 0.459. The van der Waals surface area contributed by atoms with Gasteiger partial charge in [0.1, 0.15) is 0 Å². The third-order valence-corrected chi connectivity index (χ3v) is 4.44. The fourth-order valence-electron chi connectivity index (χ4n) is 3.08. The van der Waals surface area contributed by atoms with Gasteiger partial charge in [-0.1, -0.05) is 12.1 Å². The minimum atomic E-state index is -0.153. The Morgan fingerprint density at radius 1 is 1.24 bits per heavy atom. The first-order chi connectivity index (χ1) is 12.1. The third-order valence-electron chi connectivity index (χ3n) is 4.44. The largest absolute Gasteiger partial charge is 0.395 e. The summed E-state index contributed by atoms with van der Waals surface area (Å²) >= 11 is 0. The quantitative estimate of drug-likeness (QED) is 0.714. The van der Waals surface area contributed by atoms with Crippen molar-refractivity contribution in [3.63, 3.8) is 0 Å². The Kier molecular flexibility index (Phi) is 4.85. The Morgan fingerprint density at radius 2 is 2.00 bits per heavy atom. The monoisotopic (exact) mass is 341 g/mol. The number of para-hydroxylation sites is 1. The summed E-state index contributed by atoms with van der Waals surface area (Å²) < 4.78 is 3.44. The fourth-order valence-corrected chi connectivity index (χ4v) is 3.08. The molecule has 0 bridgehead atoms. The highest BCUT2D eigenvalue weighted by Crippen LogP contribution is 2.16. The summed E-state index contributed by atoms with van der Waals surface area (Å²) in [6.45, 7) is 7.48. The molecule has 3 rings (SSSR count). The van der Waals surface area contributed by atoms with E-state index in [1.165, 1.54) is 4.57 Å². The van der Waals surface area contributed by atoms with E-state index in [1.54, 1.807) is 6.07 Å². The van der Waals surface area contributed by atoms with Gasteiger partial charge in [-0.05, 0) is 32.9 Å². The molecule has 3 aromatic rings. The van der Waals surface area contributed by atoms with Crippen molar-refractivity contribution in [1.82, 2.24) is 19.3 Å². The lowest BCUT2D eigenvalue weighted by atomic mass is 10.2. The van der Waals surface area contributed by atoms with Gasteiger partial charge in [0, 0.05) is 24.3 Å². The van der Waals surface area contributed by atoms with Crippen molar-refractivity contribution in [1.29, 1.82) is 0 Å². The summed E-state index contributed by atoms with van der Waals surface area (Å²) in [6, 6.07) is 7.24. The van der Waals surface area contributed by atoms with Gasteiger partial charge in [-0.2, -0.15) is 5.10 Å². The molecular weight excluding hydrogens is 318 g/mol. The van der Waals surface area contributed by atoms with Crippen molar-refractivity contribution in [2.75, 3.05) is 11.9 Å². The van der Waals surface area contributed by atoms with Gasteiger partial charge in [-0.15, -0.1) is 0 Å². The van der Waals surface area contributed by atoms with E-state index in [9.17, 15) is 9.90 Å². The molecule has 0 spiro atoms. The number of aryl methyl sites for hydroxylation is 2. The maximum absolute atomic E-state index is 12.7. The molecule has 25 heavy (non-hydrogen) atoms. The molecule has 132 valence electrons. The number of nitrogens with zero attached hydrogens (tertiary/aromatic N) is 4. The number of hydrogen-bond donors (Lipinski definition) is 2. The molecule has 7 nitrogen and oxygen atoms in total. The van der Waals surface area contributed by atoms with E-state index in [-0.39, 0.29) is 18.7 Å². The lowest BCUT2D eigenvalue weighted by Crippen LogP contribution is -2.26. The van der Waals surface area contributed by atoms with Crippen molar-refractivity contribution in [3.8, 4) is 0 Å². The van der Waals surface area contributed by atoms with Crippen LogP contribution in [0, 0.1) is 13.8 Å². The highest BCUT2D eigenvalue weighted by Gasteiger charge is 2.14. The van der Waals surface area contributed by atoms with Gasteiger partial charge in [0.25, 0.3) is 5.56 Å². The first-order valence-corrected chi connectivity index (χ1v) is 8.44. The van der Waals surface area contributed by atoms with E-state index in [1.807, 2.05) is 36.7 Å². The number of nitrogens with one attached hydrogen (secondary N) is 1. The van der Waals surface area contributed by atoms with Gasteiger partial charge in [0.15, 0.2) is 0 Å². The molecule has 0 atom stereocenters. The van der Waals surface area contributed by atoms with Crippen LogP contribution in [-0.4, -0.2) is 31.0 Å². The van der Waals surface area contributed by atoms with Gasteiger partial charge in [-0.3, -0.25) is 14.0 Å².